The van der Waals surface area contributed by atoms with Crippen molar-refractivity contribution in [1.82, 2.24) is 10.2 Å². The molecule has 1 fully saturated rings. The molecule has 0 aromatic rings. The normalized spacial score (nSPS) is 20.9. The van der Waals surface area contributed by atoms with Gasteiger partial charge in [-0.3, -0.25) is 9.59 Å². The van der Waals surface area contributed by atoms with Gasteiger partial charge in [0, 0.05) is 19.0 Å². The van der Waals surface area contributed by atoms with Crippen molar-refractivity contribution in [3.8, 4) is 0 Å². The van der Waals surface area contributed by atoms with Crippen LogP contribution in [0.15, 0.2) is 0 Å². The first kappa shape index (κ1) is 16.3. The van der Waals surface area contributed by atoms with E-state index in [2.05, 4.69) is 18.5 Å². The molecule has 1 aliphatic heterocycles. The zero-order valence-electron chi connectivity index (χ0n) is 12.5. The van der Waals surface area contributed by atoms with E-state index >= 15 is 0 Å². The van der Waals surface area contributed by atoms with Gasteiger partial charge in [0.25, 0.3) is 0 Å². The summed E-state index contributed by atoms with van der Waals surface area (Å²) in [5.41, 5.74) is -0.693. The summed E-state index contributed by atoms with van der Waals surface area (Å²) in [5.74, 6) is 1.13. The third-order valence-electron chi connectivity index (χ3n) is 4.11. The summed E-state index contributed by atoms with van der Waals surface area (Å²) >= 11 is 1.79. The van der Waals surface area contributed by atoms with Crippen LogP contribution in [0.3, 0.4) is 0 Å². The summed E-state index contributed by atoms with van der Waals surface area (Å²) in [6.07, 6.45) is 4.77. The molecule has 0 radical (unpaired) electrons. The van der Waals surface area contributed by atoms with Gasteiger partial charge in [0.15, 0.2) is 0 Å². The van der Waals surface area contributed by atoms with Gasteiger partial charge in [-0.2, -0.15) is 11.8 Å². The van der Waals surface area contributed by atoms with Crippen LogP contribution in [0.2, 0.25) is 0 Å². The Morgan fingerprint density at radius 2 is 2.00 bits per heavy atom. The molecular weight excluding hydrogens is 260 g/mol. The Balaban J connectivity index is 2.92. The highest BCUT2D eigenvalue weighted by Gasteiger charge is 2.42. The molecule has 110 valence electrons. The second-order valence-corrected chi connectivity index (χ2v) is 6.20. The van der Waals surface area contributed by atoms with Crippen molar-refractivity contribution in [3.05, 3.63) is 0 Å². The molecule has 0 saturated carbocycles. The molecule has 0 aromatic heterocycles. The van der Waals surface area contributed by atoms with E-state index in [-0.39, 0.29) is 17.9 Å². The maximum Gasteiger partial charge on any atom is 0.248 e. The third-order valence-corrected chi connectivity index (χ3v) is 4.75. The van der Waals surface area contributed by atoms with Crippen LogP contribution in [0.5, 0.6) is 0 Å². The Morgan fingerprint density at radius 3 is 2.53 bits per heavy atom. The highest BCUT2D eigenvalue weighted by Crippen LogP contribution is 2.24. The second-order valence-electron chi connectivity index (χ2n) is 5.22. The van der Waals surface area contributed by atoms with Crippen molar-refractivity contribution < 1.29 is 9.59 Å². The summed E-state index contributed by atoms with van der Waals surface area (Å²) in [6, 6.07) is 0.199. The summed E-state index contributed by atoms with van der Waals surface area (Å²) in [7, 11) is 0. The molecule has 0 bridgehead atoms. The first-order valence-electron chi connectivity index (χ1n) is 7.11. The molecule has 1 rings (SSSR count). The standard InChI is InChI=1S/C14H26N2O2S/c1-5-14(6-2)13(18)16(9-7-12(17)15-14)11(3)8-10-19-4/h11H,5-10H2,1-4H3,(H,15,17). The lowest BCUT2D eigenvalue weighted by atomic mass is 9.90. The van der Waals surface area contributed by atoms with Crippen LogP contribution >= 0.6 is 11.8 Å². The van der Waals surface area contributed by atoms with E-state index in [1.54, 1.807) is 11.8 Å². The molecular formula is C14H26N2O2S. The van der Waals surface area contributed by atoms with Gasteiger partial charge in [0.2, 0.25) is 11.8 Å². The van der Waals surface area contributed by atoms with Gasteiger partial charge in [-0.1, -0.05) is 13.8 Å². The largest absolute Gasteiger partial charge is 0.342 e. The topological polar surface area (TPSA) is 49.4 Å². The van der Waals surface area contributed by atoms with Gasteiger partial charge in [-0.15, -0.1) is 0 Å². The average molecular weight is 286 g/mol. The summed E-state index contributed by atoms with van der Waals surface area (Å²) < 4.78 is 0. The molecule has 1 N–H and O–H groups in total. The monoisotopic (exact) mass is 286 g/mol. The number of nitrogens with zero attached hydrogens (tertiary/aromatic N) is 1. The number of rotatable bonds is 6. The molecule has 4 nitrogen and oxygen atoms in total. The highest BCUT2D eigenvalue weighted by molar-refractivity contribution is 7.98. The molecule has 1 saturated heterocycles. The fraction of sp³-hybridized carbons (Fsp3) is 0.857. The number of thioether (sulfide) groups is 1. The SMILES string of the molecule is CCC1(CC)NC(=O)CCN(C(C)CCSC)C1=O. The number of carbonyl (C=O) groups is 2. The Labute approximate surface area is 120 Å². The third kappa shape index (κ3) is 3.65. The predicted molar refractivity (Wildman–Crippen MR) is 80.2 cm³/mol. The van der Waals surface area contributed by atoms with Crippen molar-refractivity contribution >= 4 is 23.6 Å². The highest BCUT2D eigenvalue weighted by atomic mass is 32.2. The van der Waals surface area contributed by atoms with E-state index in [1.807, 2.05) is 18.7 Å². The lowest BCUT2D eigenvalue weighted by Gasteiger charge is -2.36. The zero-order chi connectivity index (χ0) is 14.5. The minimum atomic E-state index is -0.693. The Kier molecular flexibility index (Phi) is 6.17. The van der Waals surface area contributed by atoms with Crippen molar-refractivity contribution in [2.45, 2.75) is 58.0 Å². The maximum atomic E-state index is 12.8. The number of hydrogen-bond donors (Lipinski definition) is 1. The van der Waals surface area contributed by atoms with Gasteiger partial charge in [-0.25, -0.2) is 0 Å². The molecule has 1 atom stereocenters. The first-order valence-corrected chi connectivity index (χ1v) is 8.51. The number of hydrogen-bond acceptors (Lipinski definition) is 3. The lowest BCUT2D eigenvalue weighted by Crippen LogP contribution is -2.57. The van der Waals surface area contributed by atoms with E-state index in [4.69, 9.17) is 0 Å². The Bertz CT molecular complexity index is 329. The van der Waals surface area contributed by atoms with Crippen molar-refractivity contribution in [2.75, 3.05) is 18.6 Å². The van der Waals surface area contributed by atoms with Crippen LogP contribution in [-0.4, -0.2) is 46.8 Å². The van der Waals surface area contributed by atoms with Gasteiger partial charge in [0.1, 0.15) is 5.54 Å². The minimum Gasteiger partial charge on any atom is -0.342 e. The molecule has 5 heteroatoms. The van der Waals surface area contributed by atoms with E-state index in [1.165, 1.54) is 0 Å². The van der Waals surface area contributed by atoms with Crippen molar-refractivity contribution in [3.63, 3.8) is 0 Å². The summed E-state index contributed by atoms with van der Waals surface area (Å²) in [6.45, 7) is 6.57. The van der Waals surface area contributed by atoms with E-state index < -0.39 is 5.54 Å². The Morgan fingerprint density at radius 1 is 1.37 bits per heavy atom. The van der Waals surface area contributed by atoms with Crippen LogP contribution in [0.1, 0.15) is 46.5 Å². The fourth-order valence-corrected chi connectivity index (χ4v) is 3.15. The number of carbonyl (C=O) groups excluding carboxylic acids is 2. The molecule has 0 spiro atoms. The van der Waals surface area contributed by atoms with Crippen molar-refractivity contribution in [1.29, 1.82) is 0 Å². The minimum absolute atomic E-state index is 0.00313. The Hall–Kier alpha value is -0.710. The maximum absolute atomic E-state index is 12.8. The van der Waals surface area contributed by atoms with Crippen LogP contribution in [0.4, 0.5) is 0 Å². The van der Waals surface area contributed by atoms with E-state index in [9.17, 15) is 9.59 Å². The smallest absolute Gasteiger partial charge is 0.248 e. The quantitative estimate of drug-likeness (QED) is 0.813. The average Bonchev–Trinajstić information content (AvgIpc) is 2.54. The van der Waals surface area contributed by atoms with Crippen LogP contribution in [0, 0.1) is 0 Å². The molecule has 1 unspecified atom stereocenters. The molecule has 1 heterocycles. The van der Waals surface area contributed by atoms with E-state index in [0.29, 0.717) is 25.8 Å². The van der Waals surface area contributed by atoms with Crippen molar-refractivity contribution in [2.24, 2.45) is 0 Å². The van der Waals surface area contributed by atoms with Gasteiger partial charge in [0.05, 0.1) is 0 Å². The van der Waals surface area contributed by atoms with Crippen LogP contribution in [-0.2, 0) is 9.59 Å². The van der Waals surface area contributed by atoms with Gasteiger partial charge >= 0.3 is 0 Å². The van der Waals surface area contributed by atoms with Gasteiger partial charge < -0.3 is 10.2 Å². The fourth-order valence-electron chi connectivity index (χ4n) is 2.58. The number of amides is 2. The lowest BCUT2D eigenvalue weighted by molar-refractivity contribution is -0.141. The molecule has 1 aliphatic rings. The van der Waals surface area contributed by atoms with Crippen LogP contribution < -0.4 is 5.32 Å². The molecule has 0 aromatic carbocycles. The predicted octanol–water partition coefficient (Wildman–Crippen LogP) is 2.04. The number of nitrogens with one attached hydrogen (secondary N) is 1. The van der Waals surface area contributed by atoms with Gasteiger partial charge in [-0.05, 0) is 38.2 Å². The van der Waals surface area contributed by atoms with Crippen LogP contribution in [0.25, 0.3) is 0 Å². The summed E-state index contributed by atoms with van der Waals surface area (Å²) in [4.78, 5) is 26.5. The van der Waals surface area contributed by atoms with E-state index in [0.717, 1.165) is 12.2 Å². The summed E-state index contributed by atoms with van der Waals surface area (Å²) in [5, 5.41) is 2.95. The second kappa shape index (κ2) is 7.17. The first-order chi connectivity index (χ1) is 9.00. The zero-order valence-corrected chi connectivity index (χ0v) is 13.3. The molecule has 19 heavy (non-hydrogen) atoms. The molecule has 0 aliphatic carbocycles. The molecule has 2 amide bonds.